The Bertz CT molecular complexity index is 1260. The Morgan fingerprint density at radius 3 is 2.51 bits per heavy atom. The standard InChI is InChI=1S/C28H29N3O4/c1-5-35-22-12-11-19(15-20(22)28(2,3)4)25(32)23-24(21-10-6-7-14-30-21)31(27(34)26(23)33)17-18-9-8-13-29-16-18/h6-16,24,32H,5,17H2,1-4H3/b25-23-. The van der Waals surface area contributed by atoms with Crippen LogP contribution in [0.15, 0.2) is 72.7 Å². The Morgan fingerprint density at radius 1 is 1.09 bits per heavy atom. The van der Waals surface area contributed by atoms with Crippen molar-refractivity contribution in [1.82, 2.24) is 14.9 Å². The maximum absolute atomic E-state index is 13.3. The number of aliphatic hydroxyl groups is 1. The minimum absolute atomic E-state index is 0.0154. The molecule has 3 aromatic rings. The minimum Gasteiger partial charge on any atom is -0.507 e. The number of ketones is 1. The maximum atomic E-state index is 13.3. The first-order valence-corrected chi connectivity index (χ1v) is 11.6. The fourth-order valence-electron chi connectivity index (χ4n) is 4.28. The molecule has 1 atom stereocenters. The summed E-state index contributed by atoms with van der Waals surface area (Å²) in [5.41, 5.74) is 2.35. The fraction of sp³-hybridized carbons (Fsp3) is 0.286. The average molecular weight is 472 g/mol. The molecule has 1 fully saturated rings. The number of nitrogens with zero attached hydrogens (tertiary/aromatic N) is 3. The summed E-state index contributed by atoms with van der Waals surface area (Å²) in [7, 11) is 0. The third-order valence-corrected chi connectivity index (χ3v) is 5.94. The van der Waals surface area contributed by atoms with E-state index in [9.17, 15) is 14.7 Å². The van der Waals surface area contributed by atoms with Crippen molar-refractivity contribution >= 4 is 17.4 Å². The molecule has 1 N–H and O–H groups in total. The van der Waals surface area contributed by atoms with Gasteiger partial charge in [-0.25, -0.2) is 0 Å². The van der Waals surface area contributed by atoms with Gasteiger partial charge in [0.1, 0.15) is 17.6 Å². The third kappa shape index (κ3) is 4.80. The zero-order valence-electron chi connectivity index (χ0n) is 20.4. The molecule has 1 aliphatic rings. The van der Waals surface area contributed by atoms with Crippen LogP contribution in [0.1, 0.15) is 56.1 Å². The summed E-state index contributed by atoms with van der Waals surface area (Å²) in [4.78, 5) is 36.4. The van der Waals surface area contributed by atoms with Crippen molar-refractivity contribution in [1.29, 1.82) is 0 Å². The predicted octanol–water partition coefficient (Wildman–Crippen LogP) is 4.79. The highest BCUT2D eigenvalue weighted by atomic mass is 16.5. The summed E-state index contributed by atoms with van der Waals surface area (Å²) in [5.74, 6) is -0.947. The second-order valence-electron chi connectivity index (χ2n) is 9.44. The van der Waals surface area contributed by atoms with Crippen molar-refractivity contribution in [3.63, 3.8) is 0 Å². The van der Waals surface area contributed by atoms with E-state index in [0.717, 1.165) is 16.9 Å². The minimum atomic E-state index is -0.832. The topological polar surface area (TPSA) is 92.6 Å². The summed E-state index contributed by atoms with van der Waals surface area (Å²) >= 11 is 0. The van der Waals surface area contributed by atoms with E-state index in [2.05, 4.69) is 30.7 Å². The zero-order valence-corrected chi connectivity index (χ0v) is 20.4. The molecule has 0 radical (unpaired) electrons. The van der Waals surface area contributed by atoms with Crippen LogP contribution in [0.25, 0.3) is 5.76 Å². The van der Waals surface area contributed by atoms with Gasteiger partial charge in [0.05, 0.1) is 17.9 Å². The Labute approximate surface area is 205 Å². The van der Waals surface area contributed by atoms with Gasteiger partial charge in [0.2, 0.25) is 0 Å². The number of carbonyl (C=O) groups is 2. The summed E-state index contributed by atoms with van der Waals surface area (Å²) in [6.07, 6.45) is 4.90. The van der Waals surface area contributed by atoms with Crippen molar-refractivity contribution in [2.75, 3.05) is 6.61 Å². The van der Waals surface area contributed by atoms with Gasteiger partial charge in [-0.15, -0.1) is 0 Å². The maximum Gasteiger partial charge on any atom is 0.296 e. The average Bonchev–Trinajstić information content (AvgIpc) is 3.09. The molecule has 1 aromatic carbocycles. The Balaban J connectivity index is 1.87. The number of carbonyl (C=O) groups excluding carboxylic acids is 2. The van der Waals surface area contributed by atoms with E-state index in [4.69, 9.17) is 4.74 Å². The SMILES string of the molecule is CCOc1ccc(/C(O)=C2/C(=O)C(=O)N(Cc3cccnc3)C2c2ccccn2)cc1C(C)(C)C. The van der Waals surface area contributed by atoms with Crippen LogP contribution < -0.4 is 4.74 Å². The molecule has 3 heterocycles. The van der Waals surface area contributed by atoms with Gasteiger partial charge in [-0.05, 0) is 54.3 Å². The van der Waals surface area contributed by atoms with Gasteiger partial charge in [-0.1, -0.05) is 32.9 Å². The van der Waals surface area contributed by atoms with Crippen LogP contribution >= 0.6 is 0 Å². The number of likely N-dealkylation sites (tertiary alicyclic amines) is 1. The van der Waals surface area contributed by atoms with Crippen LogP contribution in [-0.4, -0.2) is 38.3 Å². The molecular formula is C28H29N3O4. The smallest absolute Gasteiger partial charge is 0.296 e. The molecule has 1 aliphatic heterocycles. The van der Waals surface area contributed by atoms with Crippen LogP contribution in [0.3, 0.4) is 0 Å². The molecule has 2 aromatic heterocycles. The van der Waals surface area contributed by atoms with E-state index in [1.165, 1.54) is 4.90 Å². The van der Waals surface area contributed by atoms with Gasteiger partial charge in [0, 0.05) is 36.3 Å². The first kappa shape index (κ1) is 24.1. The van der Waals surface area contributed by atoms with Gasteiger partial charge in [0.25, 0.3) is 11.7 Å². The van der Waals surface area contributed by atoms with Gasteiger partial charge in [-0.2, -0.15) is 0 Å². The molecule has 4 rings (SSSR count). The van der Waals surface area contributed by atoms with Crippen molar-refractivity contribution in [3.8, 4) is 5.75 Å². The van der Waals surface area contributed by atoms with Crippen molar-refractivity contribution < 1.29 is 19.4 Å². The Kier molecular flexibility index (Phi) is 6.69. The Hall–Kier alpha value is -4.00. The lowest BCUT2D eigenvalue weighted by atomic mass is 9.84. The molecule has 1 unspecified atom stereocenters. The van der Waals surface area contributed by atoms with Crippen LogP contribution in [0.4, 0.5) is 0 Å². The van der Waals surface area contributed by atoms with Gasteiger partial charge >= 0.3 is 0 Å². The lowest BCUT2D eigenvalue weighted by Crippen LogP contribution is -2.29. The molecule has 0 aliphatic carbocycles. The van der Waals surface area contributed by atoms with Crippen molar-refractivity contribution in [2.24, 2.45) is 0 Å². The highest BCUT2D eigenvalue weighted by Crippen LogP contribution is 2.41. The van der Waals surface area contributed by atoms with E-state index in [1.807, 2.05) is 19.1 Å². The van der Waals surface area contributed by atoms with Gasteiger partial charge in [0.15, 0.2) is 0 Å². The molecule has 0 spiro atoms. The highest BCUT2D eigenvalue weighted by molar-refractivity contribution is 6.46. The monoisotopic (exact) mass is 471 g/mol. The van der Waals surface area contributed by atoms with Crippen LogP contribution in [0.2, 0.25) is 0 Å². The molecule has 7 nitrogen and oxygen atoms in total. The highest BCUT2D eigenvalue weighted by Gasteiger charge is 2.46. The molecule has 35 heavy (non-hydrogen) atoms. The van der Waals surface area contributed by atoms with Crippen LogP contribution in [0, 0.1) is 0 Å². The first-order chi connectivity index (χ1) is 16.7. The van der Waals surface area contributed by atoms with E-state index in [-0.39, 0.29) is 23.3 Å². The largest absolute Gasteiger partial charge is 0.507 e. The van der Waals surface area contributed by atoms with Gasteiger partial charge < -0.3 is 14.7 Å². The molecule has 1 saturated heterocycles. The van der Waals surface area contributed by atoms with E-state index < -0.39 is 17.7 Å². The number of Topliss-reactive ketones (excluding diaryl/α,β-unsaturated/α-hetero) is 1. The number of rotatable bonds is 6. The number of ether oxygens (including phenoxy) is 1. The van der Waals surface area contributed by atoms with E-state index in [1.54, 1.807) is 55.0 Å². The lowest BCUT2D eigenvalue weighted by Gasteiger charge is -2.25. The fourth-order valence-corrected chi connectivity index (χ4v) is 4.28. The van der Waals surface area contributed by atoms with Crippen LogP contribution in [-0.2, 0) is 21.5 Å². The number of hydrogen-bond donors (Lipinski definition) is 1. The van der Waals surface area contributed by atoms with E-state index in [0.29, 0.717) is 17.9 Å². The van der Waals surface area contributed by atoms with Crippen molar-refractivity contribution in [3.05, 3.63) is 95.1 Å². The molecule has 180 valence electrons. The number of aromatic nitrogens is 2. The number of amides is 1. The number of benzene rings is 1. The molecular weight excluding hydrogens is 442 g/mol. The van der Waals surface area contributed by atoms with Gasteiger partial charge in [-0.3, -0.25) is 19.6 Å². The summed E-state index contributed by atoms with van der Waals surface area (Å²) in [5, 5.41) is 11.4. The lowest BCUT2D eigenvalue weighted by molar-refractivity contribution is -0.140. The molecule has 1 amide bonds. The summed E-state index contributed by atoms with van der Waals surface area (Å²) in [6, 6.07) is 13.4. The first-order valence-electron chi connectivity index (χ1n) is 11.6. The second kappa shape index (κ2) is 9.70. The number of aliphatic hydroxyl groups excluding tert-OH is 1. The second-order valence-corrected chi connectivity index (χ2v) is 9.44. The summed E-state index contributed by atoms with van der Waals surface area (Å²) < 4.78 is 5.79. The Morgan fingerprint density at radius 2 is 1.89 bits per heavy atom. The van der Waals surface area contributed by atoms with Crippen LogP contribution in [0.5, 0.6) is 5.75 Å². The zero-order chi connectivity index (χ0) is 25.2. The van der Waals surface area contributed by atoms with Crippen molar-refractivity contribution in [2.45, 2.75) is 45.7 Å². The quantitative estimate of drug-likeness (QED) is 0.316. The number of pyridine rings is 2. The molecule has 7 heteroatoms. The number of hydrogen-bond acceptors (Lipinski definition) is 6. The molecule has 0 saturated carbocycles. The normalized spacial score (nSPS) is 17.6. The molecule has 0 bridgehead atoms. The van der Waals surface area contributed by atoms with E-state index >= 15 is 0 Å². The summed E-state index contributed by atoms with van der Waals surface area (Å²) in [6.45, 7) is 8.73. The predicted molar refractivity (Wildman–Crippen MR) is 133 cm³/mol. The third-order valence-electron chi connectivity index (χ3n) is 5.94.